The van der Waals surface area contributed by atoms with Crippen molar-refractivity contribution in [2.24, 2.45) is 5.92 Å². The zero-order valence-corrected chi connectivity index (χ0v) is 16.7. The molecule has 2 aromatic rings. The third-order valence-electron chi connectivity index (χ3n) is 5.07. The third-order valence-corrected chi connectivity index (χ3v) is 6.88. The van der Waals surface area contributed by atoms with Crippen molar-refractivity contribution < 1.29 is 17.6 Å². The zero-order valence-electron chi connectivity index (χ0n) is 15.9. The molecule has 0 aromatic heterocycles. The number of hydrogen-bond acceptors (Lipinski definition) is 3. The molecule has 0 saturated carbocycles. The van der Waals surface area contributed by atoms with Gasteiger partial charge in [-0.15, -0.1) is 0 Å². The van der Waals surface area contributed by atoms with Crippen LogP contribution in [0.25, 0.3) is 0 Å². The number of piperidine rings is 1. The highest BCUT2D eigenvalue weighted by atomic mass is 32.2. The summed E-state index contributed by atoms with van der Waals surface area (Å²) in [6, 6.07) is 13.1. The van der Waals surface area contributed by atoms with E-state index >= 15 is 0 Å². The van der Waals surface area contributed by atoms with E-state index in [1.807, 2.05) is 31.2 Å². The Morgan fingerprint density at radius 3 is 2.61 bits per heavy atom. The van der Waals surface area contributed by atoms with Gasteiger partial charge in [0.1, 0.15) is 5.82 Å². The van der Waals surface area contributed by atoms with Gasteiger partial charge in [0.25, 0.3) is 0 Å². The fraction of sp³-hybridized carbons (Fsp3) is 0.381. The van der Waals surface area contributed by atoms with Crippen LogP contribution in [-0.2, 0) is 27.0 Å². The van der Waals surface area contributed by atoms with E-state index < -0.39 is 15.8 Å². The molecule has 28 heavy (non-hydrogen) atoms. The van der Waals surface area contributed by atoms with Crippen molar-refractivity contribution in [3.8, 4) is 0 Å². The number of halogens is 1. The highest BCUT2D eigenvalue weighted by Gasteiger charge is 2.32. The Kier molecular flexibility index (Phi) is 6.46. The quantitative estimate of drug-likeness (QED) is 0.800. The molecule has 1 N–H and O–H groups in total. The molecule has 150 valence electrons. The SMILES string of the molecule is CCc1ccccc1NC(=O)C1CCCN(S(=O)(=O)Cc2ccc(F)cc2)C1. The minimum absolute atomic E-state index is 0.150. The van der Waals surface area contributed by atoms with Crippen LogP contribution >= 0.6 is 0 Å². The van der Waals surface area contributed by atoms with E-state index in [0.29, 0.717) is 24.9 Å². The van der Waals surface area contributed by atoms with Gasteiger partial charge in [-0.2, -0.15) is 0 Å². The van der Waals surface area contributed by atoms with E-state index in [1.54, 1.807) is 0 Å². The van der Waals surface area contributed by atoms with Gasteiger partial charge in [0.05, 0.1) is 11.7 Å². The number of para-hydroxylation sites is 1. The maximum atomic E-state index is 13.0. The van der Waals surface area contributed by atoms with E-state index in [4.69, 9.17) is 0 Å². The second kappa shape index (κ2) is 8.84. The van der Waals surface area contributed by atoms with Crippen LogP contribution in [-0.4, -0.2) is 31.7 Å². The van der Waals surface area contributed by atoms with Crippen LogP contribution in [0.5, 0.6) is 0 Å². The number of carbonyl (C=O) groups is 1. The van der Waals surface area contributed by atoms with E-state index in [0.717, 1.165) is 17.7 Å². The molecule has 5 nitrogen and oxygen atoms in total. The lowest BCUT2D eigenvalue weighted by Crippen LogP contribution is -2.44. The average Bonchev–Trinajstić information content (AvgIpc) is 2.70. The summed E-state index contributed by atoms with van der Waals surface area (Å²) in [6.45, 7) is 2.60. The summed E-state index contributed by atoms with van der Waals surface area (Å²) >= 11 is 0. The molecule has 1 aliphatic heterocycles. The number of sulfonamides is 1. The molecule has 0 spiro atoms. The molecule has 1 unspecified atom stereocenters. The number of amides is 1. The Balaban J connectivity index is 1.67. The number of nitrogens with one attached hydrogen (secondary N) is 1. The summed E-state index contributed by atoms with van der Waals surface area (Å²) in [4.78, 5) is 12.7. The van der Waals surface area contributed by atoms with Gasteiger partial charge in [0, 0.05) is 18.8 Å². The summed E-state index contributed by atoms with van der Waals surface area (Å²) in [5.74, 6) is -1.13. The first-order valence-corrected chi connectivity index (χ1v) is 11.1. The monoisotopic (exact) mass is 404 g/mol. The molecule has 0 aliphatic carbocycles. The normalized spacial score (nSPS) is 18.0. The molecule has 1 heterocycles. The standard InChI is InChI=1S/C21H25FN2O3S/c1-2-17-6-3-4-8-20(17)23-21(25)18-7-5-13-24(14-18)28(26,27)15-16-9-11-19(22)12-10-16/h3-4,6,8-12,18H,2,5,7,13-15H2,1H3,(H,23,25). The lowest BCUT2D eigenvalue weighted by Gasteiger charge is -2.31. The number of anilines is 1. The predicted molar refractivity (Wildman–Crippen MR) is 108 cm³/mol. The summed E-state index contributed by atoms with van der Waals surface area (Å²) in [5.41, 5.74) is 2.36. The molecule has 1 fully saturated rings. The molecule has 0 radical (unpaired) electrons. The van der Waals surface area contributed by atoms with Crippen molar-refractivity contribution in [3.05, 3.63) is 65.5 Å². The Bertz CT molecular complexity index is 929. The van der Waals surface area contributed by atoms with E-state index in [1.165, 1.54) is 28.6 Å². The molecule has 1 amide bonds. The van der Waals surface area contributed by atoms with Crippen LogP contribution in [0, 0.1) is 11.7 Å². The summed E-state index contributed by atoms with van der Waals surface area (Å²) in [6.07, 6.45) is 2.10. The van der Waals surface area contributed by atoms with Gasteiger partial charge < -0.3 is 5.32 Å². The molecule has 1 atom stereocenters. The van der Waals surface area contributed by atoms with Crippen LogP contribution in [0.4, 0.5) is 10.1 Å². The molecular formula is C21H25FN2O3S. The van der Waals surface area contributed by atoms with Crippen molar-refractivity contribution in [3.63, 3.8) is 0 Å². The lowest BCUT2D eigenvalue weighted by atomic mass is 9.98. The van der Waals surface area contributed by atoms with Crippen molar-refractivity contribution in [2.45, 2.75) is 31.9 Å². The third kappa shape index (κ3) is 4.97. The van der Waals surface area contributed by atoms with E-state index in [2.05, 4.69) is 5.32 Å². The second-order valence-corrected chi connectivity index (χ2v) is 9.05. The summed E-state index contributed by atoms with van der Waals surface area (Å²) in [7, 11) is -3.57. The first-order valence-electron chi connectivity index (χ1n) is 9.50. The molecule has 2 aromatic carbocycles. The number of benzene rings is 2. The average molecular weight is 405 g/mol. The smallest absolute Gasteiger partial charge is 0.228 e. The minimum Gasteiger partial charge on any atom is -0.326 e. The van der Waals surface area contributed by atoms with Crippen molar-refractivity contribution in [1.29, 1.82) is 0 Å². The number of rotatable bonds is 6. The molecule has 1 saturated heterocycles. The summed E-state index contributed by atoms with van der Waals surface area (Å²) in [5, 5.41) is 2.96. The lowest BCUT2D eigenvalue weighted by molar-refractivity contribution is -0.120. The van der Waals surface area contributed by atoms with Gasteiger partial charge in [-0.05, 0) is 48.6 Å². The zero-order chi connectivity index (χ0) is 20.1. The summed E-state index contributed by atoms with van der Waals surface area (Å²) < 4.78 is 40.0. The van der Waals surface area contributed by atoms with Crippen LogP contribution in [0.15, 0.2) is 48.5 Å². The molecule has 0 bridgehead atoms. The van der Waals surface area contributed by atoms with Crippen LogP contribution in [0.2, 0.25) is 0 Å². The van der Waals surface area contributed by atoms with Gasteiger partial charge >= 0.3 is 0 Å². The van der Waals surface area contributed by atoms with Gasteiger partial charge in [0.2, 0.25) is 15.9 Å². The molecule has 3 rings (SSSR count). The van der Waals surface area contributed by atoms with Crippen molar-refractivity contribution >= 4 is 21.6 Å². The topological polar surface area (TPSA) is 66.5 Å². The molecule has 1 aliphatic rings. The molecule has 7 heteroatoms. The first-order chi connectivity index (χ1) is 13.4. The Labute approximate surface area is 165 Å². The Morgan fingerprint density at radius 1 is 1.18 bits per heavy atom. The minimum atomic E-state index is -3.57. The number of nitrogens with zero attached hydrogens (tertiary/aromatic N) is 1. The van der Waals surface area contributed by atoms with Crippen LogP contribution in [0.1, 0.15) is 30.9 Å². The number of aryl methyl sites for hydroxylation is 1. The fourth-order valence-corrected chi connectivity index (χ4v) is 5.09. The first kappa shape index (κ1) is 20.5. The number of hydrogen-bond donors (Lipinski definition) is 1. The number of carbonyl (C=O) groups excluding carboxylic acids is 1. The highest BCUT2D eigenvalue weighted by molar-refractivity contribution is 7.88. The maximum Gasteiger partial charge on any atom is 0.228 e. The second-order valence-electron chi connectivity index (χ2n) is 7.08. The largest absolute Gasteiger partial charge is 0.326 e. The van der Waals surface area contributed by atoms with E-state index in [9.17, 15) is 17.6 Å². The van der Waals surface area contributed by atoms with Gasteiger partial charge in [-0.3, -0.25) is 4.79 Å². The maximum absolute atomic E-state index is 13.0. The van der Waals surface area contributed by atoms with Crippen LogP contribution < -0.4 is 5.32 Å². The Hall–Kier alpha value is -2.25. The fourth-order valence-electron chi connectivity index (χ4n) is 3.48. The van der Waals surface area contributed by atoms with Gasteiger partial charge in [-0.1, -0.05) is 37.3 Å². The Morgan fingerprint density at radius 2 is 1.89 bits per heavy atom. The highest BCUT2D eigenvalue weighted by Crippen LogP contribution is 2.24. The van der Waals surface area contributed by atoms with Crippen molar-refractivity contribution in [1.82, 2.24) is 4.31 Å². The van der Waals surface area contributed by atoms with E-state index in [-0.39, 0.29) is 24.1 Å². The predicted octanol–water partition coefficient (Wildman–Crippen LogP) is 3.57. The van der Waals surface area contributed by atoms with Crippen molar-refractivity contribution in [2.75, 3.05) is 18.4 Å². The van der Waals surface area contributed by atoms with Gasteiger partial charge in [0.15, 0.2) is 0 Å². The molecular weight excluding hydrogens is 379 g/mol. The van der Waals surface area contributed by atoms with Crippen LogP contribution in [0.3, 0.4) is 0 Å². The van der Waals surface area contributed by atoms with Gasteiger partial charge in [-0.25, -0.2) is 17.1 Å².